The molecule has 2 unspecified atom stereocenters. The third-order valence-electron chi connectivity index (χ3n) is 4.12. The van der Waals surface area contributed by atoms with Gasteiger partial charge in [-0.2, -0.15) is 0 Å². The van der Waals surface area contributed by atoms with Crippen molar-refractivity contribution in [2.45, 2.75) is 64.3 Å². The lowest BCUT2D eigenvalue weighted by Crippen LogP contribution is -2.36. The number of hydrogen-bond acceptors (Lipinski definition) is 2. The van der Waals surface area contributed by atoms with E-state index in [0.29, 0.717) is 6.04 Å². The summed E-state index contributed by atoms with van der Waals surface area (Å²) in [4.78, 5) is 1.63. The highest BCUT2D eigenvalue weighted by Gasteiger charge is 2.27. The number of allylic oxidation sites excluding steroid dienone is 1. The van der Waals surface area contributed by atoms with E-state index in [4.69, 9.17) is 0 Å². The highest BCUT2D eigenvalue weighted by molar-refractivity contribution is 7.10. The summed E-state index contributed by atoms with van der Waals surface area (Å²) in [5.41, 5.74) is 2.94. The first-order valence-electron chi connectivity index (χ1n) is 7.66. The molecule has 1 nitrogen and oxygen atoms in total. The molecule has 0 radical (unpaired) electrons. The molecule has 0 fully saturated rings. The number of hydrogen-bond donors (Lipinski definition) is 1. The van der Waals surface area contributed by atoms with Crippen LogP contribution in [0.5, 0.6) is 0 Å². The van der Waals surface area contributed by atoms with E-state index in [1.807, 2.05) is 11.3 Å². The topological polar surface area (TPSA) is 12.0 Å². The van der Waals surface area contributed by atoms with E-state index in [2.05, 4.69) is 37.2 Å². The average Bonchev–Trinajstić information content (AvgIpc) is 2.87. The van der Waals surface area contributed by atoms with Crippen LogP contribution in [0.25, 0.3) is 0 Å². The van der Waals surface area contributed by atoms with Gasteiger partial charge in [0.15, 0.2) is 0 Å². The molecule has 1 heterocycles. The molecule has 1 aliphatic rings. The Labute approximate surface area is 122 Å². The Kier molecular flexibility index (Phi) is 5.65. The molecular weight excluding hydrogens is 250 g/mol. The quantitative estimate of drug-likeness (QED) is 0.700. The SMILES string of the molecule is C=C(C)CCC(NCCC)C1CCCc2sccc21. The van der Waals surface area contributed by atoms with Crippen LogP contribution in [0.2, 0.25) is 0 Å². The van der Waals surface area contributed by atoms with E-state index in [1.165, 1.54) is 37.7 Å². The third-order valence-corrected chi connectivity index (χ3v) is 5.12. The van der Waals surface area contributed by atoms with Crippen molar-refractivity contribution < 1.29 is 0 Å². The number of nitrogens with one attached hydrogen (secondary N) is 1. The Morgan fingerprint density at radius 2 is 2.42 bits per heavy atom. The molecule has 1 aromatic rings. The number of thiophene rings is 1. The van der Waals surface area contributed by atoms with E-state index in [1.54, 1.807) is 10.4 Å². The highest BCUT2D eigenvalue weighted by atomic mass is 32.1. The molecule has 19 heavy (non-hydrogen) atoms. The summed E-state index contributed by atoms with van der Waals surface area (Å²) in [6.07, 6.45) is 7.60. The molecule has 1 aromatic heterocycles. The molecule has 0 saturated carbocycles. The number of aryl methyl sites for hydroxylation is 1. The summed E-state index contributed by atoms with van der Waals surface area (Å²) >= 11 is 1.95. The van der Waals surface area contributed by atoms with Crippen molar-refractivity contribution >= 4 is 11.3 Å². The number of rotatable bonds is 7. The maximum Gasteiger partial charge on any atom is 0.0139 e. The van der Waals surface area contributed by atoms with E-state index in [0.717, 1.165) is 18.9 Å². The molecule has 0 bridgehead atoms. The fourth-order valence-electron chi connectivity index (χ4n) is 3.12. The van der Waals surface area contributed by atoms with Gasteiger partial charge in [-0.3, -0.25) is 0 Å². The van der Waals surface area contributed by atoms with E-state index < -0.39 is 0 Å². The van der Waals surface area contributed by atoms with Gasteiger partial charge in [-0.1, -0.05) is 12.5 Å². The van der Waals surface area contributed by atoms with Crippen LogP contribution in [-0.4, -0.2) is 12.6 Å². The van der Waals surface area contributed by atoms with Crippen LogP contribution >= 0.6 is 11.3 Å². The molecule has 1 N–H and O–H groups in total. The Morgan fingerprint density at radius 1 is 1.58 bits per heavy atom. The van der Waals surface area contributed by atoms with Crippen molar-refractivity contribution in [1.29, 1.82) is 0 Å². The average molecular weight is 277 g/mol. The van der Waals surface area contributed by atoms with Crippen LogP contribution in [0.3, 0.4) is 0 Å². The van der Waals surface area contributed by atoms with E-state index in [9.17, 15) is 0 Å². The molecule has 2 heteroatoms. The fourth-order valence-corrected chi connectivity index (χ4v) is 4.11. The minimum atomic E-state index is 0.630. The van der Waals surface area contributed by atoms with Gasteiger partial charge in [0.1, 0.15) is 0 Å². The Hall–Kier alpha value is -0.600. The maximum absolute atomic E-state index is 4.06. The van der Waals surface area contributed by atoms with Gasteiger partial charge in [-0.05, 0) is 69.0 Å². The van der Waals surface area contributed by atoms with Gasteiger partial charge >= 0.3 is 0 Å². The van der Waals surface area contributed by atoms with Gasteiger partial charge in [0.05, 0.1) is 0 Å². The summed E-state index contributed by atoms with van der Waals surface area (Å²) in [6, 6.07) is 3.00. The normalized spacial score (nSPS) is 20.0. The molecule has 2 rings (SSSR count). The lowest BCUT2D eigenvalue weighted by Gasteiger charge is -2.31. The van der Waals surface area contributed by atoms with E-state index >= 15 is 0 Å². The van der Waals surface area contributed by atoms with Crippen molar-refractivity contribution in [3.05, 3.63) is 34.0 Å². The summed E-state index contributed by atoms with van der Waals surface area (Å²) in [5, 5.41) is 6.07. The molecule has 0 aliphatic heterocycles. The molecule has 0 spiro atoms. The third kappa shape index (κ3) is 3.93. The van der Waals surface area contributed by atoms with Crippen LogP contribution in [0.4, 0.5) is 0 Å². The zero-order valence-corrected chi connectivity index (χ0v) is 13.2. The lowest BCUT2D eigenvalue weighted by atomic mass is 9.80. The van der Waals surface area contributed by atoms with Crippen LogP contribution in [0.15, 0.2) is 23.6 Å². The first-order chi connectivity index (χ1) is 9.22. The first kappa shape index (κ1) is 14.8. The largest absolute Gasteiger partial charge is 0.313 e. The van der Waals surface area contributed by atoms with Gasteiger partial charge in [0.2, 0.25) is 0 Å². The molecular formula is C17H27NS. The van der Waals surface area contributed by atoms with Crippen molar-refractivity contribution in [1.82, 2.24) is 5.32 Å². The van der Waals surface area contributed by atoms with Gasteiger partial charge in [0.25, 0.3) is 0 Å². The summed E-state index contributed by atoms with van der Waals surface area (Å²) in [6.45, 7) is 9.59. The molecule has 106 valence electrons. The van der Waals surface area contributed by atoms with Crippen molar-refractivity contribution in [2.24, 2.45) is 0 Å². The zero-order valence-electron chi connectivity index (χ0n) is 12.4. The highest BCUT2D eigenvalue weighted by Crippen LogP contribution is 2.38. The summed E-state index contributed by atoms with van der Waals surface area (Å²) in [5.74, 6) is 0.723. The second kappa shape index (κ2) is 7.25. The Balaban J connectivity index is 2.07. The maximum atomic E-state index is 4.06. The monoisotopic (exact) mass is 277 g/mol. The summed E-state index contributed by atoms with van der Waals surface area (Å²) < 4.78 is 0. The molecule has 2 atom stereocenters. The van der Waals surface area contributed by atoms with Gasteiger partial charge in [0, 0.05) is 16.8 Å². The second-order valence-corrected chi connectivity index (χ2v) is 6.85. The first-order valence-corrected chi connectivity index (χ1v) is 8.54. The van der Waals surface area contributed by atoms with Gasteiger partial charge < -0.3 is 5.32 Å². The second-order valence-electron chi connectivity index (χ2n) is 5.85. The molecule has 0 amide bonds. The fraction of sp³-hybridized carbons (Fsp3) is 0.647. The zero-order chi connectivity index (χ0) is 13.7. The molecule has 0 saturated heterocycles. The van der Waals surface area contributed by atoms with Crippen LogP contribution in [0, 0.1) is 0 Å². The van der Waals surface area contributed by atoms with Gasteiger partial charge in [-0.25, -0.2) is 0 Å². The summed E-state index contributed by atoms with van der Waals surface area (Å²) in [7, 11) is 0. The van der Waals surface area contributed by atoms with E-state index in [-0.39, 0.29) is 0 Å². The minimum Gasteiger partial charge on any atom is -0.313 e. The smallest absolute Gasteiger partial charge is 0.0139 e. The van der Waals surface area contributed by atoms with Crippen LogP contribution in [0.1, 0.15) is 62.3 Å². The van der Waals surface area contributed by atoms with Crippen LogP contribution < -0.4 is 5.32 Å². The lowest BCUT2D eigenvalue weighted by molar-refractivity contribution is 0.375. The predicted octanol–water partition coefficient (Wildman–Crippen LogP) is 4.89. The Morgan fingerprint density at radius 3 is 3.16 bits per heavy atom. The van der Waals surface area contributed by atoms with Gasteiger partial charge in [-0.15, -0.1) is 17.9 Å². The van der Waals surface area contributed by atoms with Crippen molar-refractivity contribution in [3.63, 3.8) is 0 Å². The molecule has 0 aromatic carbocycles. The predicted molar refractivity (Wildman–Crippen MR) is 86.1 cm³/mol. The van der Waals surface area contributed by atoms with Crippen LogP contribution in [-0.2, 0) is 6.42 Å². The minimum absolute atomic E-state index is 0.630. The standard InChI is InChI=1S/C17H27NS/c1-4-11-18-16(9-8-13(2)3)14-6-5-7-17-15(14)10-12-19-17/h10,12,14,16,18H,2,4-9,11H2,1,3H3. The van der Waals surface area contributed by atoms with Crippen molar-refractivity contribution in [2.75, 3.05) is 6.54 Å². The number of fused-ring (bicyclic) bond motifs is 1. The Bertz CT molecular complexity index is 407. The van der Waals surface area contributed by atoms with Crippen molar-refractivity contribution in [3.8, 4) is 0 Å². The molecule has 1 aliphatic carbocycles.